The number of hydrogen-bond donors (Lipinski definition) is 0. The second kappa shape index (κ2) is 4.13. The van der Waals surface area contributed by atoms with Crippen LogP contribution in [0.5, 0.6) is 0 Å². The van der Waals surface area contributed by atoms with Crippen molar-refractivity contribution in [2.24, 2.45) is 0 Å². The average molecular weight is 219 g/mol. The van der Waals surface area contributed by atoms with Gasteiger partial charge < -0.3 is 0 Å². The minimum Gasteiger partial charge on any atom is -0.260 e. The topological polar surface area (TPSA) is 30.0 Å². The number of rotatable bonds is 3. The van der Waals surface area contributed by atoms with Gasteiger partial charge in [-0.2, -0.15) is 8.78 Å². The number of halogens is 2. The van der Waals surface area contributed by atoms with E-state index in [0.717, 1.165) is 6.92 Å². The summed E-state index contributed by atoms with van der Waals surface area (Å²) >= 11 is 0. The van der Waals surface area contributed by atoms with E-state index in [2.05, 4.69) is 4.98 Å². The van der Waals surface area contributed by atoms with E-state index in [1.54, 1.807) is 6.26 Å². The molecule has 1 atom stereocenters. The summed E-state index contributed by atoms with van der Waals surface area (Å²) in [6.45, 7) is 0.799. The third-order valence-corrected chi connectivity index (χ3v) is 2.38. The Morgan fingerprint density at radius 3 is 2.50 bits per heavy atom. The van der Waals surface area contributed by atoms with Crippen LogP contribution >= 0.6 is 0 Å². The lowest BCUT2D eigenvalue weighted by atomic mass is 10.2. The van der Waals surface area contributed by atoms with Crippen molar-refractivity contribution >= 4 is 10.8 Å². The molecule has 0 aromatic carbocycles. The van der Waals surface area contributed by atoms with Gasteiger partial charge >= 0.3 is 0 Å². The Bertz CT molecular complexity index is 332. The van der Waals surface area contributed by atoms with Crippen molar-refractivity contribution in [1.29, 1.82) is 0 Å². The maximum atomic E-state index is 12.7. The first kappa shape index (κ1) is 11.2. The van der Waals surface area contributed by atoms with Gasteiger partial charge in [0, 0.05) is 35.9 Å². The van der Waals surface area contributed by atoms with E-state index < -0.39 is 16.7 Å². The van der Waals surface area contributed by atoms with Crippen LogP contribution in [0.4, 0.5) is 8.78 Å². The Kier molecular flexibility index (Phi) is 3.31. The van der Waals surface area contributed by atoms with Gasteiger partial charge in [0.1, 0.15) is 5.69 Å². The number of aromatic nitrogens is 1. The first-order chi connectivity index (χ1) is 6.39. The van der Waals surface area contributed by atoms with Crippen molar-refractivity contribution in [2.75, 3.05) is 6.26 Å². The monoisotopic (exact) mass is 219 g/mol. The first-order valence-electron chi connectivity index (χ1n) is 4.03. The minimum absolute atomic E-state index is 0.261. The molecule has 0 radical (unpaired) electrons. The summed E-state index contributed by atoms with van der Waals surface area (Å²) in [5, 5.41) is 0. The number of hydrogen-bond acceptors (Lipinski definition) is 2. The zero-order chi connectivity index (χ0) is 10.8. The molecule has 5 heteroatoms. The zero-order valence-electron chi connectivity index (χ0n) is 7.96. The molecular weight excluding hydrogens is 208 g/mol. The summed E-state index contributed by atoms with van der Waals surface area (Å²) in [6, 6.07) is 2.79. The maximum Gasteiger partial charge on any atom is 0.286 e. The molecule has 2 nitrogen and oxygen atoms in total. The highest BCUT2D eigenvalue weighted by Gasteiger charge is 2.25. The Morgan fingerprint density at radius 1 is 1.50 bits per heavy atom. The molecular formula is C9H11F2NOS. The Morgan fingerprint density at radius 2 is 2.14 bits per heavy atom. The first-order valence-corrected chi connectivity index (χ1v) is 5.75. The zero-order valence-corrected chi connectivity index (χ0v) is 8.78. The summed E-state index contributed by atoms with van der Waals surface area (Å²) < 4.78 is 36.3. The Hall–Kier alpha value is -0.840. The Labute approximate surface area is 83.8 Å². The summed E-state index contributed by atoms with van der Waals surface area (Å²) in [5.74, 6) is -2.56. The molecule has 0 saturated carbocycles. The van der Waals surface area contributed by atoms with Crippen LogP contribution in [0.25, 0.3) is 0 Å². The summed E-state index contributed by atoms with van der Waals surface area (Å²) in [4.78, 5) is 3.62. The second-order valence-electron chi connectivity index (χ2n) is 3.16. The molecule has 1 aromatic rings. The SMILES string of the molecule is CS(=O)Cc1ccc(C(C)(F)F)nc1. The van der Waals surface area contributed by atoms with Crippen molar-refractivity contribution in [3.63, 3.8) is 0 Å². The van der Waals surface area contributed by atoms with E-state index in [0.29, 0.717) is 11.3 Å². The Balaban J connectivity index is 2.84. The molecule has 1 rings (SSSR count). The largest absolute Gasteiger partial charge is 0.286 e. The van der Waals surface area contributed by atoms with Crippen molar-refractivity contribution < 1.29 is 13.0 Å². The minimum atomic E-state index is -2.91. The lowest BCUT2D eigenvalue weighted by Gasteiger charge is -2.09. The predicted molar refractivity (Wildman–Crippen MR) is 51.6 cm³/mol. The fourth-order valence-electron chi connectivity index (χ4n) is 1.00. The van der Waals surface area contributed by atoms with Crippen LogP contribution in [0.2, 0.25) is 0 Å². The average Bonchev–Trinajstić information content (AvgIpc) is 2.02. The molecule has 0 aliphatic heterocycles. The van der Waals surface area contributed by atoms with Crippen LogP contribution in [-0.2, 0) is 22.5 Å². The quantitative estimate of drug-likeness (QED) is 0.779. The van der Waals surface area contributed by atoms with Crippen LogP contribution in [-0.4, -0.2) is 15.4 Å². The third kappa shape index (κ3) is 3.14. The molecule has 0 aliphatic carbocycles. The highest BCUT2D eigenvalue weighted by molar-refractivity contribution is 7.83. The van der Waals surface area contributed by atoms with Gasteiger partial charge in [-0.05, 0) is 11.6 Å². The molecule has 0 spiro atoms. The molecule has 0 fully saturated rings. The molecule has 78 valence electrons. The van der Waals surface area contributed by atoms with Crippen LogP contribution in [0.3, 0.4) is 0 Å². The second-order valence-corrected chi connectivity index (χ2v) is 4.59. The van der Waals surface area contributed by atoms with E-state index in [1.165, 1.54) is 18.3 Å². The maximum absolute atomic E-state index is 12.7. The third-order valence-electron chi connectivity index (χ3n) is 1.64. The molecule has 0 aliphatic rings. The smallest absolute Gasteiger partial charge is 0.260 e. The van der Waals surface area contributed by atoms with Gasteiger partial charge in [0.25, 0.3) is 5.92 Å². The summed E-state index contributed by atoms with van der Waals surface area (Å²) in [5.41, 5.74) is 0.446. The van der Waals surface area contributed by atoms with Gasteiger partial charge in [-0.15, -0.1) is 0 Å². The lowest BCUT2D eigenvalue weighted by molar-refractivity contribution is 0.0127. The van der Waals surface area contributed by atoms with Gasteiger partial charge in [0.2, 0.25) is 0 Å². The molecule has 14 heavy (non-hydrogen) atoms. The van der Waals surface area contributed by atoms with Gasteiger partial charge in [-0.3, -0.25) is 9.19 Å². The van der Waals surface area contributed by atoms with Crippen LogP contribution < -0.4 is 0 Å². The molecule has 0 N–H and O–H groups in total. The number of pyridine rings is 1. The summed E-state index contributed by atoms with van der Waals surface area (Å²) in [7, 11) is -0.972. The van der Waals surface area contributed by atoms with E-state index in [1.807, 2.05) is 0 Å². The molecule has 0 bridgehead atoms. The van der Waals surface area contributed by atoms with E-state index in [4.69, 9.17) is 0 Å². The normalized spacial score (nSPS) is 14.0. The number of nitrogens with zero attached hydrogens (tertiary/aromatic N) is 1. The van der Waals surface area contributed by atoms with E-state index >= 15 is 0 Å². The standard InChI is InChI=1S/C9H11F2NOS/c1-9(10,11)8-4-3-7(5-12-8)6-14(2)13/h3-5H,6H2,1-2H3. The van der Waals surface area contributed by atoms with Crippen molar-refractivity contribution in [2.45, 2.75) is 18.6 Å². The van der Waals surface area contributed by atoms with Crippen molar-refractivity contribution in [3.8, 4) is 0 Å². The van der Waals surface area contributed by atoms with Gasteiger partial charge in [0.15, 0.2) is 0 Å². The van der Waals surface area contributed by atoms with Gasteiger partial charge in [-0.1, -0.05) is 6.07 Å². The molecule has 1 aromatic heterocycles. The van der Waals surface area contributed by atoms with Crippen LogP contribution in [0.1, 0.15) is 18.2 Å². The fourth-order valence-corrected chi connectivity index (χ4v) is 1.64. The fraction of sp³-hybridized carbons (Fsp3) is 0.444. The molecule has 0 saturated heterocycles. The van der Waals surface area contributed by atoms with Gasteiger partial charge in [-0.25, -0.2) is 0 Å². The lowest BCUT2D eigenvalue weighted by Crippen LogP contribution is -2.09. The van der Waals surface area contributed by atoms with Crippen molar-refractivity contribution in [3.05, 3.63) is 29.6 Å². The van der Waals surface area contributed by atoms with E-state index in [9.17, 15) is 13.0 Å². The van der Waals surface area contributed by atoms with Crippen molar-refractivity contribution in [1.82, 2.24) is 4.98 Å². The highest BCUT2D eigenvalue weighted by atomic mass is 32.2. The molecule has 1 heterocycles. The molecule has 1 unspecified atom stereocenters. The molecule has 0 amide bonds. The van der Waals surface area contributed by atoms with Gasteiger partial charge in [0.05, 0.1) is 0 Å². The highest BCUT2D eigenvalue weighted by Crippen LogP contribution is 2.24. The predicted octanol–water partition coefficient (Wildman–Crippen LogP) is 2.07. The van der Waals surface area contributed by atoms with Crippen LogP contribution in [0, 0.1) is 0 Å². The van der Waals surface area contributed by atoms with Crippen LogP contribution in [0.15, 0.2) is 18.3 Å². The van der Waals surface area contributed by atoms with E-state index in [-0.39, 0.29) is 5.69 Å². The summed E-state index contributed by atoms with van der Waals surface area (Å²) in [6.07, 6.45) is 2.90. The number of alkyl halides is 2.